The minimum atomic E-state index is -3.18. The van der Waals surface area contributed by atoms with E-state index in [9.17, 15) is 13.2 Å². The number of carbonyl (C=O) groups excluding carboxylic acids is 1. The Bertz CT molecular complexity index is 530. The van der Waals surface area contributed by atoms with E-state index in [4.69, 9.17) is 0 Å². The SMILES string of the molecule is CS(=O)(=O)C1CSCCN1c1ncc(C=O)cn1. The fourth-order valence-corrected chi connectivity index (χ4v) is 4.52. The van der Waals surface area contributed by atoms with Gasteiger partial charge in [-0.3, -0.25) is 4.79 Å². The van der Waals surface area contributed by atoms with Gasteiger partial charge in [-0.05, 0) is 0 Å². The number of rotatable bonds is 3. The van der Waals surface area contributed by atoms with Crippen molar-refractivity contribution in [3.05, 3.63) is 18.0 Å². The molecule has 1 aromatic rings. The van der Waals surface area contributed by atoms with Crippen molar-refractivity contribution in [1.29, 1.82) is 0 Å². The molecule has 1 aliphatic heterocycles. The van der Waals surface area contributed by atoms with Gasteiger partial charge in [-0.1, -0.05) is 0 Å². The fourth-order valence-electron chi connectivity index (χ4n) is 1.70. The van der Waals surface area contributed by atoms with Crippen molar-refractivity contribution in [2.75, 3.05) is 29.2 Å². The van der Waals surface area contributed by atoms with Crippen LogP contribution >= 0.6 is 11.8 Å². The van der Waals surface area contributed by atoms with Crippen LogP contribution in [-0.4, -0.2) is 54.4 Å². The zero-order valence-electron chi connectivity index (χ0n) is 9.81. The molecule has 2 heterocycles. The van der Waals surface area contributed by atoms with Crippen LogP contribution < -0.4 is 4.90 Å². The van der Waals surface area contributed by atoms with Crippen molar-refractivity contribution < 1.29 is 13.2 Å². The second-order valence-electron chi connectivity index (χ2n) is 3.99. The van der Waals surface area contributed by atoms with Crippen LogP contribution in [-0.2, 0) is 9.84 Å². The van der Waals surface area contributed by atoms with Gasteiger partial charge in [0.05, 0.1) is 5.56 Å². The van der Waals surface area contributed by atoms with E-state index >= 15 is 0 Å². The standard InChI is InChI=1S/C10H13N3O3S2/c1-18(15,16)9-7-17-3-2-13(9)10-11-4-8(6-14)5-12-10/h4-6,9H,2-3,7H2,1H3. The third-order valence-electron chi connectivity index (χ3n) is 2.63. The smallest absolute Gasteiger partial charge is 0.226 e. The van der Waals surface area contributed by atoms with Crippen molar-refractivity contribution in [2.24, 2.45) is 0 Å². The van der Waals surface area contributed by atoms with Gasteiger partial charge in [-0.25, -0.2) is 18.4 Å². The second-order valence-corrected chi connectivity index (χ2v) is 7.34. The van der Waals surface area contributed by atoms with Gasteiger partial charge in [0, 0.05) is 36.7 Å². The van der Waals surface area contributed by atoms with Crippen molar-refractivity contribution in [1.82, 2.24) is 9.97 Å². The molecule has 0 saturated carbocycles. The van der Waals surface area contributed by atoms with E-state index in [0.29, 0.717) is 30.1 Å². The minimum absolute atomic E-state index is 0.358. The summed E-state index contributed by atoms with van der Waals surface area (Å²) >= 11 is 1.60. The number of sulfone groups is 1. The molecule has 1 saturated heterocycles. The molecule has 0 N–H and O–H groups in total. The predicted molar refractivity (Wildman–Crippen MR) is 70.7 cm³/mol. The van der Waals surface area contributed by atoms with E-state index < -0.39 is 15.2 Å². The zero-order chi connectivity index (χ0) is 13.2. The highest BCUT2D eigenvalue weighted by atomic mass is 32.2. The number of aldehydes is 1. The zero-order valence-corrected chi connectivity index (χ0v) is 11.4. The quantitative estimate of drug-likeness (QED) is 0.735. The molecule has 18 heavy (non-hydrogen) atoms. The summed E-state index contributed by atoms with van der Waals surface area (Å²) in [5.74, 6) is 1.71. The maximum absolute atomic E-state index is 11.7. The summed E-state index contributed by atoms with van der Waals surface area (Å²) < 4.78 is 23.5. The molecule has 1 fully saturated rings. The first-order valence-corrected chi connectivity index (χ1v) is 8.44. The topological polar surface area (TPSA) is 80.2 Å². The molecule has 0 radical (unpaired) electrons. The van der Waals surface area contributed by atoms with Crippen molar-refractivity contribution in [2.45, 2.75) is 5.37 Å². The second kappa shape index (κ2) is 5.23. The molecule has 1 aromatic heterocycles. The lowest BCUT2D eigenvalue weighted by Crippen LogP contribution is -2.47. The summed E-state index contributed by atoms with van der Waals surface area (Å²) in [6, 6.07) is 0. The van der Waals surface area contributed by atoms with E-state index in [1.54, 1.807) is 16.7 Å². The van der Waals surface area contributed by atoms with Gasteiger partial charge in [-0.2, -0.15) is 11.8 Å². The number of anilines is 1. The van der Waals surface area contributed by atoms with Gasteiger partial charge in [0.15, 0.2) is 16.1 Å². The molecular formula is C10H13N3O3S2. The van der Waals surface area contributed by atoms with Crippen molar-refractivity contribution in [3.8, 4) is 0 Å². The molecule has 1 aliphatic rings. The summed E-state index contributed by atoms with van der Waals surface area (Å²) in [5.41, 5.74) is 0.376. The van der Waals surface area contributed by atoms with Crippen LogP contribution in [0.25, 0.3) is 0 Å². The number of aromatic nitrogens is 2. The number of hydrogen-bond acceptors (Lipinski definition) is 7. The third kappa shape index (κ3) is 2.81. The molecule has 1 atom stereocenters. The normalized spacial score (nSPS) is 20.7. The number of carbonyl (C=O) groups is 1. The Morgan fingerprint density at radius 1 is 1.44 bits per heavy atom. The van der Waals surface area contributed by atoms with Gasteiger partial charge < -0.3 is 4.90 Å². The molecule has 98 valence electrons. The Morgan fingerprint density at radius 3 is 2.67 bits per heavy atom. The van der Waals surface area contributed by atoms with Gasteiger partial charge >= 0.3 is 0 Å². The molecule has 0 spiro atoms. The van der Waals surface area contributed by atoms with E-state index in [1.807, 2.05) is 0 Å². The first kappa shape index (κ1) is 13.3. The van der Waals surface area contributed by atoms with Gasteiger partial charge in [0.1, 0.15) is 5.37 Å². The molecule has 0 amide bonds. The molecular weight excluding hydrogens is 274 g/mol. The lowest BCUT2D eigenvalue weighted by Gasteiger charge is -2.33. The summed E-state index contributed by atoms with van der Waals surface area (Å²) in [6.07, 6.45) is 4.67. The highest BCUT2D eigenvalue weighted by molar-refractivity contribution is 8.01. The first-order valence-electron chi connectivity index (χ1n) is 5.33. The van der Waals surface area contributed by atoms with Crippen LogP contribution in [0.1, 0.15) is 10.4 Å². The molecule has 0 aliphatic carbocycles. The Hall–Kier alpha value is -1.15. The van der Waals surface area contributed by atoms with Crippen molar-refractivity contribution in [3.63, 3.8) is 0 Å². The minimum Gasteiger partial charge on any atom is -0.322 e. The van der Waals surface area contributed by atoms with Crippen LogP contribution in [0.5, 0.6) is 0 Å². The Morgan fingerprint density at radius 2 is 2.11 bits per heavy atom. The van der Waals surface area contributed by atoms with Gasteiger partial charge in [0.25, 0.3) is 0 Å². The first-order chi connectivity index (χ1) is 8.52. The Kier molecular flexibility index (Phi) is 3.86. The lowest BCUT2D eigenvalue weighted by molar-refractivity contribution is 0.112. The Balaban J connectivity index is 2.30. The predicted octanol–water partition coefficient (Wildman–Crippen LogP) is 0.213. The van der Waals surface area contributed by atoms with E-state index in [0.717, 1.165) is 5.75 Å². The largest absolute Gasteiger partial charge is 0.322 e. The maximum Gasteiger partial charge on any atom is 0.226 e. The van der Waals surface area contributed by atoms with Crippen LogP contribution in [0.2, 0.25) is 0 Å². The maximum atomic E-state index is 11.7. The van der Waals surface area contributed by atoms with Gasteiger partial charge in [-0.15, -0.1) is 0 Å². The molecule has 2 rings (SSSR count). The van der Waals surface area contributed by atoms with Crippen LogP contribution in [0.15, 0.2) is 12.4 Å². The van der Waals surface area contributed by atoms with Crippen LogP contribution in [0, 0.1) is 0 Å². The van der Waals surface area contributed by atoms with E-state index in [-0.39, 0.29) is 0 Å². The molecule has 6 nitrogen and oxygen atoms in total. The third-order valence-corrected chi connectivity index (χ3v) is 5.27. The lowest BCUT2D eigenvalue weighted by atomic mass is 10.4. The van der Waals surface area contributed by atoms with Crippen LogP contribution in [0.3, 0.4) is 0 Å². The number of nitrogens with zero attached hydrogens (tertiary/aromatic N) is 3. The van der Waals surface area contributed by atoms with E-state index in [2.05, 4.69) is 9.97 Å². The average molecular weight is 287 g/mol. The monoisotopic (exact) mass is 287 g/mol. The summed E-state index contributed by atoms with van der Waals surface area (Å²) in [4.78, 5) is 20.3. The molecule has 0 aromatic carbocycles. The van der Waals surface area contributed by atoms with Crippen LogP contribution in [0.4, 0.5) is 5.95 Å². The summed E-state index contributed by atoms with van der Waals surface area (Å²) in [7, 11) is -3.18. The van der Waals surface area contributed by atoms with Gasteiger partial charge in [0.2, 0.25) is 5.95 Å². The molecule has 1 unspecified atom stereocenters. The highest BCUT2D eigenvalue weighted by Gasteiger charge is 2.32. The Labute approximate surface area is 110 Å². The highest BCUT2D eigenvalue weighted by Crippen LogP contribution is 2.23. The number of thioether (sulfide) groups is 1. The fraction of sp³-hybridized carbons (Fsp3) is 0.500. The van der Waals surface area contributed by atoms with E-state index in [1.165, 1.54) is 18.6 Å². The number of hydrogen-bond donors (Lipinski definition) is 0. The molecule has 8 heteroatoms. The molecule has 0 bridgehead atoms. The average Bonchev–Trinajstić information content (AvgIpc) is 2.38. The summed E-state index contributed by atoms with van der Waals surface area (Å²) in [5, 5.41) is -0.599. The summed E-state index contributed by atoms with van der Waals surface area (Å²) in [6.45, 7) is 0.586. The van der Waals surface area contributed by atoms with Crippen molar-refractivity contribution >= 4 is 33.8 Å².